The number of amides is 1. The molecular weight excluding hydrogens is 292 g/mol. The van der Waals surface area contributed by atoms with E-state index in [4.69, 9.17) is 21.1 Å². The zero-order valence-corrected chi connectivity index (χ0v) is 12.7. The number of pyridine rings is 1. The van der Waals surface area contributed by atoms with Gasteiger partial charge in [0.15, 0.2) is 5.15 Å². The second kappa shape index (κ2) is 6.45. The molecule has 2 rings (SSSR count). The van der Waals surface area contributed by atoms with Gasteiger partial charge in [-0.15, -0.1) is 0 Å². The third-order valence-corrected chi connectivity index (χ3v) is 3.14. The summed E-state index contributed by atoms with van der Waals surface area (Å²) in [6.45, 7) is 1.87. The molecule has 0 saturated heterocycles. The summed E-state index contributed by atoms with van der Waals surface area (Å²) in [5.41, 5.74) is 1.77. The standard InChI is InChI=1S/C15H15ClN2O3/c1-9-4-13(14(16)17-8-9)18-15(19)10-5-11(20-2)7-12(6-10)21-3/h4-8H,1-3H3,(H,18,19). The number of rotatable bonds is 4. The molecule has 1 N–H and O–H groups in total. The molecule has 0 radical (unpaired) electrons. The van der Waals surface area contributed by atoms with Crippen molar-refractivity contribution >= 4 is 23.2 Å². The van der Waals surface area contributed by atoms with Gasteiger partial charge in [0.2, 0.25) is 0 Å². The average molecular weight is 307 g/mol. The molecule has 0 atom stereocenters. The number of carbonyl (C=O) groups excluding carboxylic acids is 1. The predicted octanol–water partition coefficient (Wildman–Crippen LogP) is 3.31. The van der Waals surface area contributed by atoms with E-state index in [2.05, 4.69) is 10.3 Å². The van der Waals surface area contributed by atoms with E-state index in [9.17, 15) is 4.79 Å². The molecule has 1 heterocycles. The summed E-state index contributed by atoms with van der Waals surface area (Å²) < 4.78 is 10.3. The lowest BCUT2D eigenvalue weighted by molar-refractivity contribution is 0.102. The van der Waals surface area contributed by atoms with Crippen molar-refractivity contribution in [3.8, 4) is 11.5 Å². The number of hydrogen-bond acceptors (Lipinski definition) is 4. The molecule has 0 bridgehead atoms. The van der Waals surface area contributed by atoms with Gasteiger partial charge >= 0.3 is 0 Å². The van der Waals surface area contributed by atoms with E-state index in [0.29, 0.717) is 22.7 Å². The van der Waals surface area contributed by atoms with Crippen molar-refractivity contribution in [1.82, 2.24) is 4.98 Å². The molecule has 2 aromatic rings. The van der Waals surface area contributed by atoms with Crippen molar-refractivity contribution in [2.45, 2.75) is 6.92 Å². The molecule has 1 amide bonds. The van der Waals surface area contributed by atoms with Crippen LogP contribution in [0, 0.1) is 6.92 Å². The quantitative estimate of drug-likeness (QED) is 0.880. The van der Waals surface area contributed by atoms with Crippen LogP contribution in [0.5, 0.6) is 11.5 Å². The third-order valence-electron chi connectivity index (χ3n) is 2.84. The van der Waals surface area contributed by atoms with E-state index < -0.39 is 0 Å². The zero-order valence-electron chi connectivity index (χ0n) is 11.9. The minimum atomic E-state index is -0.318. The molecule has 0 aliphatic rings. The van der Waals surface area contributed by atoms with Gasteiger partial charge in [-0.1, -0.05) is 11.6 Å². The van der Waals surface area contributed by atoms with Crippen molar-refractivity contribution in [3.63, 3.8) is 0 Å². The average Bonchev–Trinajstić information content (AvgIpc) is 2.50. The van der Waals surface area contributed by atoms with Crippen molar-refractivity contribution in [1.29, 1.82) is 0 Å². The molecule has 5 nitrogen and oxygen atoms in total. The highest BCUT2D eigenvalue weighted by Gasteiger charge is 2.12. The first-order valence-electron chi connectivity index (χ1n) is 6.20. The van der Waals surface area contributed by atoms with Gasteiger partial charge in [-0.05, 0) is 30.7 Å². The van der Waals surface area contributed by atoms with E-state index in [1.54, 1.807) is 30.5 Å². The molecule has 1 aromatic carbocycles. The van der Waals surface area contributed by atoms with Gasteiger partial charge in [0.25, 0.3) is 5.91 Å². The molecule has 0 fully saturated rings. The second-order valence-electron chi connectivity index (χ2n) is 4.41. The van der Waals surface area contributed by atoms with E-state index in [1.807, 2.05) is 6.92 Å². The summed E-state index contributed by atoms with van der Waals surface area (Å²) in [4.78, 5) is 16.3. The lowest BCUT2D eigenvalue weighted by Crippen LogP contribution is -2.13. The molecule has 0 aliphatic heterocycles. The number of methoxy groups -OCH3 is 2. The van der Waals surface area contributed by atoms with Gasteiger partial charge in [-0.3, -0.25) is 4.79 Å². The maximum Gasteiger partial charge on any atom is 0.256 e. The molecule has 6 heteroatoms. The Balaban J connectivity index is 2.29. The zero-order chi connectivity index (χ0) is 15.4. The number of ether oxygens (including phenoxy) is 2. The maximum absolute atomic E-state index is 12.3. The summed E-state index contributed by atoms with van der Waals surface area (Å²) >= 11 is 5.97. The van der Waals surface area contributed by atoms with E-state index in [0.717, 1.165) is 5.56 Å². The van der Waals surface area contributed by atoms with E-state index >= 15 is 0 Å². The molecule has 0 saturated carbocycles. The molecule has 21 heavy (non-hydrogen) atoms. The molecule has 0 spiro atoms. The number of nitrogens with zero attached hydrogens (tertiary/aromatic N) is 1. The Bertz CT molecular complexity index is 652. The fraction of sp³-hybridized carbons (Fsp3) is 0.200. The van der Waals surface area contributed by atoms with Crippen LogP contribution >= 0.6 is 11.6 Å². The molecule has 0 unspecified atom stereocenters. The number of carbonyl (C=O) groups is 1. The minimum Gasteiger partial charge on any atom is -0.497 e. The number of nitrogens with one attached hydrogen (secondary N) is 1. The first-order chi connectivity index (χ1) is 10.0. The monoisotopic (exact) mass is 306 g/mol. The molecular formula is C15H15ClN2O3. The van der Waals surface area contributed by atoms with Gasteiger partial charge in [-0.2, -0.15) is 0 Å². The van der Waals surface area contributed by atoms with Gasteiger partial charge in [0, 0.05) is 17.8 Å². The largest absolute Gasteiger partial charge is 0.497 e. The number of halogens is 1. The van der Waals surface area contributed by atoms with E-state index in [1.165, 1.54) is 14.2 Å². The summed E-state index contributed by atoms with van der Waals surface area (Å²) in [6.07, 6.45) is 1.63. The highest BCUT2D eigenvalue weighted by Crippen LogP contribution is 2.25. The SMILES string of the molecule is COc1cc(OC)cc(C(=O)Nc2cc(C)cnc2Cl)c1. The van der Waals surface area contributed by atoms with Crippen LogP contribution in [0.1, 0.15) is 15.9 Å². The second-order valence-corrected chi connectivity index (χ2v) is 4.76. The van der Waals surface area contributed by atoms with Crippen molar-refractivity contribution in [2.75, 3.05) is 19.5 Å². The van der Waals surface area contributed by atoms with Crippen LogP contribution in [0.2, 0.25) is 5.15 Å². The first-order valence-corrected chi connectivity index (χ1v) is 6.58. The lowest BCUT2D eigenvalue weighted by Gasteiger charge is -2.10. The van der Waals surface area contributed by atoms with Gasteiger partial charge in [-0.25, -0.2) is 4.98 Å². The Morgan fingerprint density at radius 2 is 1.76 bits per heavy atom. The van der Waals surface area contributed by atoms with Gasteiger partial charge in [0.05, 0.1) is 19.9 Å². The first kappa shape index (κ1) is 15.1. The van der Waals surface area contributed by atoms with Gasteiger partial charge in [0.1, 0.15) is 11.5 Å². The Morgan fingerprint density at radius 3 is 2.33 bits per heavy atom. The van der Waals surface area contributed by atoms with Crippen LogP contribution in [0.15, 0.2) is 30.5 Å². The Hall–Kier alpha value is -2.27. The van der Waals surface area contributed by atoms with Crippen molar-refractivity contribution in [2.24, 2.45) is 0 Å². The highest BCUT2D eigenvalue weighted by atomic mass is 35.5. The van der Waals surface area contributed by atoms with Crippen LogP contribution in [0.25, 0.3) is 0 Å². The van der Waals surface area contributed by atoms with Crippen LogP contribution in [0.3, 0.4) is 0 Å². The van der Waals surface area contributed by atoms with Crippen LogP contribution in [0.4, 0.5) is 5.69 Å². The lowest BCUT2D eigenvalue weighted by atomic mass is 10.2. The number of benzene rings is 1. The normalized spacial score (nSPS) is 10.1. The van der Waals surface area contributed by atoms with E-state index in [-0.39, 0.29) is 11.1 Å². The van der Waals surface area contributed by atoms with Gasteiger partial charge < -0.3 is 14.8 Å². The van der Waals surface area contributed by atoms with Crippen LogP contribution in [-0.2, 0) is 0 Å². The predicted molar refractivity (Wildman–Crippen MR) is 81.5 cm³/mol. The third kappa shape index (κ3) is 3.64. The summed E-state index contributed by atoms with van der Waals surface area (Å²) in [5, 5.41) is 2.97. The molecule has 0 aliphatic carbocycles. The summed E-state index contributed by atoms with van der Waals surface area (Å²) in [7, 11) is 3.05. The van der Waals surface area contributed by atoms with Crippen LogP contribution < -0.4 is 14.8 Å². The number of aromatic nitrogens is 1. The fourth-order valence-electron chi connectivity index (χ4n) is 1.77. The topological polar surface area (TPSA) is 60.5 Å². The van der Waals surface area contributed by atoms with Crippen LogP contribution in [-0.4, -0.2) is 25.1 Å². The molecule has 110 valence electrons. The van der Waals surface area contributed by atoms with Crippen molar-refractivity contribution in [3.05, 3.63) is 46.7 Å². The number of hydrogen-bond donors (Lipinski definition) is 1. The summed E-state index contributed by atoms with van der Waals surface area (Å²) in [6, 6.07) is 6.69. The summed E-state index contributed by atoms with van der Waals surface area (Å²) in [5.74, 6) is 0.752. The fourth-order valence-corrected chi connectivity index (χ4v) is 1.92. The van der Waals surface area contributed by atoms with Crippen molar-refractivity contribution < 1.29 is 14.3 Å². The minimum absolute atomic E-state index is 0.240. The number of anilines is 1. The Kier molecular flexibility index (Phi) is 4.65. The Labute approximate surface area is 127 Å². The molecule has 1 aromatic heterocycles. The Morgan fingerprint density at radius 1 is 1.14 bits per heavy atom. The maximum atomic E-state index is 12.3. The highest BCUT2D eigenvalue weighted by molar-refractivity contribution is 6.32. The number of aryl methyl sites for hydroxylation is 1. The smallest absolute Gasteiger partial charge is 0.256 e.